The molecule has 1 saturated carbocycles. The van der Waals surface area contributed by atoms with Crippen LogP contribution < -0.4 is 15.6 Å². The molecule has 0 unspecified atom stereocenters. The maximum absolute atomic E-state index is 13.4. The fraction of sp³-hybridized carbons (Fsp3) is 0.500. The minimum atomic E-state index is -0.0711. The molecule has 30 heavy (non-hydrogen) atoms. The lowest BCUT2D eigenvalue weighted by atomic mass is 10.2. The van der Waals surface area contributed by atoms with Crippen LogP contribution in [0, 0.1) is 0 Å². The second kappa shape index (κ2) is 8.71. The summed E-state index contributed by atoms with van der Waals surface area (Å²) in [4.78, 5) is 30.6. The molecular formula is C22H28N4O3S. The largest absolute Gasteiger partial charge is 0.497 e. The molecule has 3 aromatic rings. The van der Waals surface area contributed by atoms with Crippen molar-refractivity contribution in [2.45, 2.75) is 56.8 Å². The number of benzene rings is 1. The first-order valence-electron chi connectivity index (χ1n) is 10.5. The Morgan fingerprint density at radius 1 is 1.33 bits per heavy atom. The van der Waals surface area contributed by atoms with Gasteiger partial charge in [-0.25, -0.2) is 4.98 Å². The summed E-state index contributed by atoms with van der Waals surface area (Å²) < 4.78 is 8.96. The summed E-state index contributed by atoms with van der Waals surface area (Å²) in [5, 5.41) is 4.57. The van der Waals surface area contributed by atoms with Crippen molar-refractivity contribution in [2.75, 3.05) is 12.9 Å². The fourth-order valence-electron chi connectivity index (χ4n) is 4.26. The van der Waals surface area contributed by atoms with Crippen LogP contribution in [0.5, 0.6) is 5.75 Å². The highest BCUT2D eigenvalue weighted by Crippen LogP contribution is 2.30. The highest BCUT2D eigenvalue weighted by molar-refractivity contribution is 7.99. The van der Waals surface area contributed by atoms with Crippen LogP contribution in [0.1, 0.15) is 39.0 Å². The second-order valence-corrected chi connectivity index (χ2v) is 8.77. The van der Waals surface area contributed by atoms with Crippen LogP contribution in [0.2, 0.25) is 0 Å². The number of carbonyl (C=O) groups is 1. The van der Waals surface area contributed by atoms with Crippen molar-refractivity contribution in [2.24, 2.45) is 7.05 Å². The third kappa shape index (κ3) is 3.80. The zero-order chi connectivity index (χ0) is 21.3. The summed E-state index contributed by atoms with van der Waals surface area (Å²) in [6, 6.07) is 6.03. The number of ether oxygens (including phenoxy) is 1. The molecular weight excluding hydrogens is 400 g/mol. The first-order chi connectivity index (χ1) is 14.5. The zero-order valence-corrected chi connectivity index (χ0v) is 18.6. The van der Waals surface area contributed by atoms with Gasteiger partial charge < -0.3 is 14.6 Å². The third-order valence-corrected chi connectivity index (χ3v) is 6.74. The molecule has 2 aromatic heterocycles. The quantitative estimate of drug-likeness (QED) is 0.461. The predicted octanol–water partition coefficient (Wildman–Crippen LogP) is 3.46. The molecule has 0 saturated heterocycles. The smallest absolute Gasteiger partial charge is 0.278 e. The lowest BCUT2D eigenvalue weighted by Crippen LogP contribution is -2.34. The Balaban J connectivity index is 1.73. The van der Waals surface area contributed by atoms with E-state index in [9.17, 15) is 9.59 Å². The number of thioether (sulfide) groups is 1. The van der Waals surface area contributed by atoms with E-state index < -0.39 is 0 Å². The topological polar surface area (TPSA) is 78.2 Å². The summed E-state index contributed by atoms with van der Waals surface area (Å²) in [7, 11) is 3.51. The second-order valence-electron chi connectivity index (χ2n) is 7.83. The van der Waals surface area contributed by atoms with Crippen LogP contribution >= 0.6 is 11.8 Å². The summed E-state index contributed by atoms with van der Waals surface area (Å²) in [6.07, 6.45) is 5.28. The van der Waals surface area contributed by atoms with E-state index >= 15 is 0 Å². The number of carbonyl (C=O) groups excluding carboxylic acids is 1. The number of hydrogen-bond donors (Lipinski definition) is 1. The van der Waals surface area contributed by atoms with Gasteiger partial charge in [-0.2, -0.15) is 0 Å². The SMILES string of the molecule is CCCn1c(SCC(=O)NC2CCCC2)nc2c3cc(OC)ccc3n(C)c2c1=O. The van der Waals surface area contributed by atoms with E-state index in [1.54, 1.807) is 11.7 Å². The van der Waals surface area contributed by atoms with Crippen molar-refractivity contribution in [1.82, 2.24) is 19.4 Å². The van der Waals surface area contributed by atoms with Gasteiger partial charge in [0.2, 0.25) is 5.91 Å². The highest BCUT2D eigenvalue weighted by Gasteiger charge is 2.21. The average molecular weight is 429 g/mol. The Hall–Kier alpha value is -2.48. The van der Waals surface area contributed by atoms with Gasteiger partial charge in [0.05, 0.1) is 18.4 Å². The van der Waals surface area contributed by atoms with Crippen molar-refractivity contribution >= 4 is 39.6 Å². The van der Waals surface area contributed by atoms with E-state index in [0.29, 0.717) is 22.7 Å². The van der Waals surface area contributed by atoms with Crippen LogP contribution in [0.4, 0.5) is 0 Å². The molecule has 0 radical (unpaired) electrons. The third-order valence-electron chi connectivity index (χ3n) is 5.77. The highest BCUT2D eigenvalue weighted by atomic mass is 32.2. The number of aryl methyl sites for hydroxylation is 1. The molecule has 1 aliphatic carbocycles. The molecule has 4 rings (SSSR count). The van der Waals surface area contributed by atoms with Crippen LogP contribution in [-0.2, 0) is 18.4 Å². The van der Waals surface area contributed by atoms with Gasteiger partial charge in [-0.1, -0.05) is 31.5 Å². The number of nitrogens with zero attached hydrogens (tertiary/aromatic N) is 3. The molecule has 1 aromatic carbocycles. The molecule has 2 heterocycles. The normalized spacial score (nSPS) is 14.6. The van der Waals surface area contributed by atoms with E-state index in [-0.39, 0.29) is 23.3 Å². The van der Waals surface area contributed by atoms with Crippen LogP contribution in [0.25, 0.3) is 21.9 Å². The maximum Gasteiger partial charge on any atom is 0.278 e. The molecule has 0 spiro atoms. The Morgan fingerprint density at radius 2 is 2.10 bits per heavy atom. The van der Waals surface area contributed by atoms with Crippen molar-refractivity contribution in [3.63, 3.8) is 0 Å². The minimum Gasteiger partial charge on any atom is -0.497 e. The van der Waals surface area contributed by atoms with Crippen molar-refractivity contribution < 1.29 is 9.53 Å². The molecule has 1 aliphatic rings. The molecule has 0 atom stereocenters. The first-order valence-corrected chi connectivity index (χ1v) is 11.5. The maximum atomic E-state index is 13.4. The summed E-state index contributed by atoms with van der Waals surface area (Å²) >= 11 is 1.33. The van der Waals surface area contributed by atoms with E-state index in [2.05, 4.69) is 5.32 Å². The van der Waals surface area contributed by atoms with Gasteiger partial charge in [-0.15, -0.1) is 0 Å². The number of methoxy groups -OCH3 is 1. The number of hydrogen-bond acceptors (Lipinski definition) is 5. The fourth-order valence-corrected chi connectivity index (χ4v) is 5.09. The van der Waals surface area contributed by atoms with Crippen molar-refractivity contribution in [1.29, 1.82) is 0 Å². The van der Waals surface area contributed by atoms with Gasteiger partial charge in [0.15, 0.2) is 5.16 Å². The number of aromatic nitrogens is 3. The number of amides is 1. The Labute approximate surface area is 179 Å². The lowest BCUT2D eigenvalue weighted by Gasteiger charge is -2.13. The summed E-state index contributed by atoms with van der Waals surface area (Å²) in [5.41, 5.74) is 2.09. The van der Waals surface area contributed by atoms with Gasteiger partial charge in [0, 0.05) is 25.0 Å². The van der Waals surface area contributed by atoms with Crippen LogP contribution in [0.3, 0.4) is 0 Å². The van der Waals surface area contributed by atoms with Crippen molar-refractivity contribution in [3.8, 4) is 5.75 Å². The van der Waals surface area contributed by atoms with Gasteiger partial charge in [0.25, 0.3) is 5.56 Å². The predicted molar refractivity (Wildman–Crippen MR) is 120 cm³/mol. The minimum absolute atomic E-state index is 0.00360. The monoisotopic (exact) mass is 428 g/mol. The van der Waals surface area contributed by atoms with E-state index in [1.165, 1.54) is 24.6 Å². The molecule has 160 valence electrons. The van der Waals surface area contributed by atoms with Crippen molar-refractivity contribution in [3.05, 3.63) is 28.6 Å². The number of fused-ring (bicyclic) bond motifs is 3. The molecule has 0 bridgehead atoms. The average Bonchev–Trinajstić information content (AvgIpc) is 3.35. The van der Waals surface area contributed by atoms with Crippen LogP contribution in [-0.4, -0.2) is 38.9 Å². The van der Waals surface area contributed by atoms with Gasteiger partial charge >= 0.3 is 0 Å². The van der Waals surface area contributed by atoms with E-state index in [4.69, 9.17) is 9.72 Å². The molecule has 8 heteroatoms. The Bertz CT molecular complexity index is 1140. The standard InChI is InChI=1S/C22H28N4O3S/c1-4-11-26-21(28)20-19(16-12-15(29-3)9-10-17(16)25(20)2)24-22(26)30-13-18(27)23-14-7-5-6-8-14/h9-10,12,14H,4-8,11,13H2,1-3H3,(H,23,27). The van der Waals surface area contributed by atoms with E-state index in [1.807, 2.05) is 36.7 Å². The van der Waals surface area contributed by atoms with Gasteiger partial charge in [0.1, 0.15) is 16.8 Å². The Kier molecular flexibility index (Phi) is 6.04. The van der Waals surface area contributed by atoms with E-state index in [0.717, 1.165) is 35.9 Å². The zero-order valence-electron chi connectivity index (χ0n) is 17.7. The number of rotatable bonds is 7. The molecule has 1 fully saturated rings. The number of nitrogens with one attached hydrogen (secondary N) is 1. The lowest BCUT2D eigenvalue weighted by molar-refractivity contribution is -0.119. The summed E-state index contributed by atoms with van der Waals surface area (Å²) in [5.74, 6) is 0.982. The molecule has 7 nitrogen and oxygen atoms in total. The summed E-state index contributed by atoms with van der Waals surface area (Å²) in [6.45, 7) is 2.60. The molecule has 1 N–H and O–H groups in total. The van der Waals surface area contributed by atoms with Gasteiger partial charge in [-0.05, 0) is 37.5 Å². The van der Waals surface area contributed by atoms with Gasteiger partial charge in [-0.3, -0.25) is 14.2 Å². The van der Waals surface area contributed by atoms with Crippen LogP contribution in [0.15, 0.2) is 28.2 Å². The Morgan fingerprint density at radius 3 is 2.80 bits per heavy atom. The molecule has 0 aliphatic heterocycles. The molecule has 1 amide bonds. The first kappa shape index (κ1) is 20.8.